The topological polar surface area (TPSA) is 46.6 Å². The summed E-state index contributed by atoms with van der Waals surface area (Å²) in [5.74, 6) is 0. The zero-order chi connectivity index (χ0) is 13.8. The van der Waals surface area contributed by atoms with Gasteiger partial charge in [0.05, 0.1) is 6.54 Å². The van der Waals surface area contributed by atoms with Gasteiger partial charge in [0.15, 0.2) is 0 Å². The molecule has 0 aromatic heterocycles. The van der Waals surface area contributed by atoms with Crippen molar-refractivity contribution in [3.63, 3.8) is 0 Å². The standard InChI is InChI=1S/C13H16ClNO3/c1-13(2,3)18-12(17)15(7-8-16)11-6-4-5-10(14)9-11/h4-6,8-9H,7H2,1-3H3. The zero-order valence-corrected chi connectivity index (χ0v) is 11.4. The highest BCUT2D eigenvalue weighted by Gasteiger charge is 2.23. The van der Waals surface area contributed by atoms with Crippen LogP contribution in [0.4, 0.5) is 10.5 Å². The van der Waals surface area contributed by atoms with Crippen LogP contribution < -0.4 is 4.90 Å². The highest BCUT2D eigenvalue weighted by atomic mass is 35.5. The van der Waals surface area contributed by atoms with E-state index in [-0.39, 0.29) is 6.54 Å². The fourth-order valence-corrected chi connectivity index (χ4v) is 1.51. The second-order valence-electron chi connectivity index (χ2n) is 4.74. The van der Waals surface area contributed by atoms with Gasteiger partial charge in [-0.15, -0.1) is 0 Å². The van der Waals surface area contributed by atoms with Crippen molar-refractivity contribution >= 4 is 29.7 Å². The molecule has 1 aromatic carbocycles. The molecule has 5 heteroatoms. The van der Waals surface area contributed by atoms with E-state index in [2.05, 4.69) is 0 Å². The number of halogens is 1. The molecule has 0 saturated heterocycles. The van der Waals surface area contributed by atoms with Crippen LogP contribution in [0, 0.1) is 0 Å². The maximum absolute atomic E-state index is 12.0. The molecule has 0 heterocycles. The first kappa shape index (κ1) is 14.5. The van der Waals surface area contributed by atoms with Gasteiger partial charge in [0, 0.05) is 10.7 Å². The fraction of sp³-hybridized carbons (Fsp3) is 0.385. The van der Waals surface area contributed by atoms with Gasteiger partial charge < -0.3 is 9.53 Å². The number of carbonyl (C=O) groups excluding carboxylic acids is 2. The van der Waals surface area contributed by atoms with Crippen molar-refractivity contribution in [2.24, 2.45) is 0 Å². The molecule has 1 aromatic rings. The lowest BCUT2D eigenvalue weighted by atomic mass is 10.2. The fourth-order valence-electron chi connectivity index (χ4n) is 1.32. The first-order chi connectivity index (χ1) is 8.33. The number of anilines is 1. The van der Waals surface area contributed by atoms with Crippen molar-refractivity contribution in [3.8, 4) is 0 Å². The van der Waals surface area contributed by atoms with E-state index in [9.17, 15) is 9.59 Å². The predicted octanol–water partition coefficient (Wildman–Crippen LogP) is 3.28. The van der Waals surface area contributed by atoms with Crippen LogP contribution in [-0.2, 0) is 9.53 Å². The van der Waals surface area contributed by atoms with Gasteiger partial charge in [0.1, 0.15) is 11.9 Å². The summed E-state index contributed by atoms with van der Waals surface area (Å²) >= 11 is 5.86. The van der Waals surface area contributed by atoms with Gasteiger partial charge in [-0.1, -0.05) is 17.7 Å². The molecular weight excluding hydrogens is 254 g/mol. The van der Waals surface area contributed by atoms with Crippen molar-refractivity contribution in [1.29, 1.82) is 0 Å². The average Bonchev–Trinajstić information content (AvgIpc) is 2.23. The Hall–Kier alpha value is -1.55. The third kappa shape index (κ3) is 4.37. The van der Waals surface area contributed by atoms with Crippen LogP contribution in [0.3, 0.4) is 0 Å². The first-order valence-corrected chi connectivity index (χ1v) is 5.91. The molecule has 98 valence electrons. The Bertz CT molecular complexity index is 440. The minimum atomic E-state index is -0.614. The molecular formula is C13H16ClNO3. The lowest BCUT2D eigenvalue weighted by Crippen LogP contribution is -2.38. The van der Waals surface area contributed by atoms with E-state index in [0.29, 0.717) is 17.0 Å². The van der Waals surface area contributed by atoms with Crippen LogP contribution in [0.15, 0.2) is 24.3 Å². The van der Waals surface area contributed by atoms with E-state index >= 15 is 0 Å². The molecule has 1 rings (SSSR count). The first-order valence-electron chi connectivity index (χ1n) is 5.53. The van der Waals surface area contributed by atoms with Gasteiger partial charge in [-0.25, -0.2) is 4.79 Å². The quantitative estimate of drug-likeness (QED) is 0.791. The third-order valence-electron chi connectivity index (χ3n) is 1.99. The predicted molar refractivity (Wildman–Crippen MR) is 71.1 cm³/mol. The normalized spacial score (nSPS) is 10.9. The van der Waals surface area contributed by atoms with Crippen molar-refractivity contribution in [1.82, 2.24) is 0 Å². The van der Waals surface area contributed by atoms with E-state index in [1.807, 2.05) is 0 Å². The summed E-state index contributed by atoms with van der Waals surface area (Å²) in [7, 11) is 0. The van der Waals surface area contributed by atoms with Gasteiger partial charge in [-0.2, -0.15) is 0 Å². The Morgan fingerprint density at radius 1 is 1.44 bits per heavy atom. The minimum Gasteiger partial charge on any atom is -0.443 e. The van der Waals surface area contributed by atoms with E-state index in [4.69, 9.17) is 16.3 Å². The Kier molecular flexibility index (Phi) is 4.73. The van der Waals surface area contributed by atoms with Crippen molar-refractivity contribution in [2.75, 3.05) is 11.4 Å². The summed E-state index contributed by atoms with van der Waals surface area (Å²) in [6.45, 7) is 5.22. The Morgan fingerprint density at radius 3 is 2.61 bits per heavy atom. The van der Waals surface area contributed by atoms with Crippen molar-refractivity contribution in [2.45, 2.75) is 26.4 Å². The maximum Gasteiger partial charge on any atom is 0.415 e. The van der Waals surface area contributed by atoms with Crippen LogP contribution in [-0.4, -0.2) is 24.5 Å². The van der Waals surface area contributed by atoms with Crippen LogP contribution >= 0.6 is 11.6 Å². The summed E-state index contributed by atoms with van der Waals surface area (Å²) in [5.41, 5.74) is -0.0830. The molecule has 4 nitrogen and oxygen atoms in total. The van der Waals surface area contributed by atoms with E-state index < -0.39 is 11.7 Å². The highest BCUT2D eigenvalue weighted by molar-refractivity contribution is 6.30. The Morgan fingerprint density at radius 2 is 2.11 bits per heavy atom. The monoisotopic (exact) mass is 269 g/mol. The van der Waals surface area contributed by atoms with Gasteiger partial charge >= 0.3 is 6.09 Å². The molecule has 0 spiro atoms. The molecule has 0 aliphatic rings. The highest BCUT2D eigenvalue weighted by Crippen LogP contribution is 2.21. The summed E-state index contributed by atoms with van der Waals surface area (Å²) in [5, 5.41) is 0.493. The second kappa shape index (κ2) is 5.87. The molecule has 1 amide bonds. The lowest BCUT2D eigenvalue weighted by Gasteiger charge is -2.26. The summed E-state index contributed by atoms with van der Waals surface area (Å²) in [4.78, 5) is 23.9. The lowest BCUT2D eigenvalue weighted by molar-refractivity contribution is -0.106. The number of hydrogen-bond donors (Lipinski definition) is 0. The number of hydrogen-bond acceptors (Lipinski definition) is 3. The number of ether oxygens (including phenoxy) is 1. The number of carbonyl (C=O) groups is 2. The van der Waals surface area contributed by atoms with Crippen LogP contribution in [0.1, 0.15) is 20.8 Å². The second-order valence-corrected chi connectivity index (χ2v) is 5.17. The number of rotatable bonds is 3. The molecule has 0 unspecified atom stereocenters. The van der Waals surface area contributed by atoms with Crippen LogP contribution in [0.2, 0.25) is 5.02 Å². The van der Waals surface area contributed by atoms with Gasteiger partial charge in [0.25, 0.3) is 0 Å². The molecule has 0 saturated carbocycles. The number of benzene rings is 1. The van der Waals surface area contributed by atoms with Crippen LogP contribution in [0.5, 0.6) is 0 Å². The Labute approximate surface area is 111 Å². The van der Waals surface area contributed by atoms with Crippen LogP contribution in [0.25, 0.3) is 0 Å². The van der Waals surface area contributed by atoms with Crippen molar-refractivity contribution < 1.29 is 14.3 Å². The summed E-state index contributed by atoms with van der Waals surface area (Å²) < 4.78 is 5.23. The molecule has 18 heavy (non-hydrogen) atoms. The molecule has 0 N–H and O–H groups in total. The SMILES string of the molecule is CC(C)(C)OC(=O)N(CC=O)c1cccc(Cl)c1. The zero-order valence-electron chi connectivity index (χ0n) is 10.6. The summed E-state index contributed by atoms with van der Waals surface area (Å²) in [6.07, 6.45) is 0.0713. The van der Waals surface area contributed by atoms with Gasteiger partial charge in [0.2, 0.25) is 0 Å². The molecule has 0 bridgehead atoms. The molecule has 0 atom stereocenters. The van der Waals surface area contributed by atoms with E-state index in [0.717, 1.165) is 0 Å². The third-order valence-corrected chi connectivity index (χ3v) is 2.23. The smallest absolute Gasteiger partial charge is 0.415 e. The largest absolute Gasteiger partial charge is 0.443 e. The summed E-state index contributed by atoms with van der Waals surface area (Å²) in [6, 6.07) is 6.70. The van der Waals surface area contributed by atoms with E-state index in [1.165, 1.54) is 4.90 Å². The molecule has 0 radical (unpaired) electrons. The molecule has 0 aliphatic heterocycles. The number of aldehydes is 1. The molecule has 0 aliphatic carbocycles. The number of amides is 1. The van der Waals surface area contributed by atoms with Crippen molar-refractivity contribution in [3.05, 3.63) is 29.3 Å². The maximum atomic E-state index is 12.0. The average molecular weight is 270 g/mol. The minimum absolute atomic E-state index is 0.0742. The Balaban J connectivity index is 2.95. The van der Waals surface area contributed by atoms with E-state index in [1.54, 1.807) is 45.0 Å². The number of nitrogens with zero attached hydrogens (tertiary/aromatic N) is 1. The molecule has 0 fully saturated rings. The van der Waals surface area contributed by atoms with Gasteiger partial charge in [-0.05, 0) is 39.0 Å². The van der Waals surface area contributed by atoms with Gasteiger partial charge in [-0.3, -0.25) is 4.90 Å².